The molecule has 0 spiro atoms. The number of fused-ring (bicyclic) bond motifs is 1. The van der Waals surface area contributed by atoms with Gasteiger partial charge in [-0.1, -0.05) is 6.07 Å². The van der Waals surface area contributed by atoms with Gasteiger partial charge in [-0.3, -0.25) is 4.79 Å². The summed E-state index contributed by atoms with van der Waals surface area (Å²) in [4.78, 5) is 13.9. The van der Waals surface area contributed by atoms with Crippen LogP contribution in [-0.2, 0) is 17.6 Å². The van der Waals surface area contributed by atoms with Crippen LogP contribution in [0, 0.1) is 5.92 Å². The molecule has 0 saturated carbocycles. The van der Waals surface area contributed by atoms with Crippen LogP contribution < -0.4 is 4.74 Å². The highest BCUT2D eigenvalue weighted by Gasteiger charge is 2.29. The highest BCUT2D eigenvalue weighted by Crippen LogP contribution is 2.26. The van der Waals surface area contributed by atoms with E-state index in [2.05, 4.69) is 12.1 Å². The maximum absolute atomic E-state index is 12.1. The van der Waals surface area contributed by atoms with Crippen LogP contribution in [0.4, 0.5) is 0 Å². The van der Waals surface area contributed by atoms with Gasteiger partial charge in [0.2, 0.25) is 0 Å². The fraction of sp³-hybridized carbons (Fsp3) is 0.588. The predicted molar refractivity (Wildman–Crippen MR) is 80.3 cm³/mol. The van der Waals surface area contributed by atoms with Gasteiger partial charge in [0.1, 0.15) is 5.75 Å². The second kappa shape index (κ2) is 6.06. The van der Waals surface area contributed by atoms with Crippen molar-refractivity contribution in [3.05, 3.63) is 29.3 Å². The van der Waals surface area contributed by atoms with Crippen LogP contribution in [-0.4, -0.2) is 41.7 Å². The van der Waals surface area contributed by atoms with Gasteiger partial charge in [0.25, 0.3) is 5.91 Å². The minimum Gasteiger partial charge on any atom is -0.484 e. The number of carbonyl (C=O) groups excluding carboxylic acids is 1. The van der Waals surface area contributed by atoms with E-state index in [4.69, 9.17) is 4.74 Å². The number of aryl methyl sites for hydroxylation is 2. The Morgan fingerprint density at radius 1 is 1.43 bits per heavy atom. The Bertz CT molecular complexity index is 527. The van der Waals surface area contributed by atoms with Gasteiger partial charge in [0, 0.05) is 19.0 Å². The number of hydrogen-bond acceptors (Lipinski definition) is 3. The Balaban J connectivity index is 1.52. The lowest BCUT2D eigenvalue weighted by molar-refractivity contribution is -0.132. The van der Waals surface area contributed by atoms with E-state index in [1.807, 2.05) is 6.07 Å². The van der Waals surface area contributed by atoms with Crippen LogP contribution in [0.25, 0.3) is 0 Å². The first-order valence-corrected chi connectivity index (χ1v) is 7.84. The van der Waals surface area contributed by atoms with Crippen LogP contribution in [0.15, 0.2) is 18.2 Å². The molecule has 0 aromatic heterocycles. The number of rotatable bonds is 4. The average Bonchev–Trinajstić information content (AvgIpc) is 3.12. The molecule has 0 bridgehead atoms. The third kappa shape index (κ3) is 3.21. The van der Waals surface area contributed by atoms with Gasteiger partial charge in [-0.2, -0.15) is 0 Å². The zero-order chi connectivity index (χ0) is 14.8. The topological polar surface area (TPSA) is 49.8 Å². The Kier molecular flexibility index (Phi) is 4.15. The number of aliphatic hydroxyl groups excluding tert-OH is 1. The Labute approximate surface area is 125 Å². The molecule has 114 valence electrons. The fourth-order valence-electron chi connectivity index (χ4n) is 3.28. The maximum Gasteiger partial charge on any atom is 0.260 e. The summed E-state index contributed by atoms with van der Waals surface area (Å²) in [5.41, 5.74) is 2.77. The summed E-state index contributed by atoms with van der Waals surface area (Å²) >= 11 is 0. The van der Waals surface area contributed by atoms with Crippen LogP contribution in [0.5, 0.6) is 5.75 Å². The zero-order valence-corrected chi connectivity index (χ0v) is 12.5. The van der Waals surface area contributed by atoms with Crippen molar-refractivity contribution in [2.45, 2.75) is 38.7 Å². The fourth-order valence-corrected chi connectivity index (χ4v) is 3.28. The molecule has 21 heavy (non-hydrogen) atoms. The predicted octanol–water partition coefficient (Wildman–Crippen LogP) is 1.78. The third-order valence-corrected chi connectivity index (χ3v) is 4.69. The SMILES string of the molecule is CC(O)C1CCN(C(=O)COc2ccc3c(c2)CCC3)C1. The number of hydrogen-bond donors (Lipinski definition) is 1. The summed E-state index contributed by atoms with van der Waals surface area (Å²) < 4.78 is 5.65. The second-order valence-electron chi connectivity index (χ2n) is 6.20. The smallest absolute Gasteiger partial charge is 0.260 e. The normalized spacial score (nSPS) is 22.2. The number of aliphatic hydroxyl groups is 1. The summed E-state index contributed by atoms with van der Waals surface area (Å²) in [7, 11) is 0. The molecule has 1 aliphatic carbocycles. The van der Waals surface area contributed by atoms with E-state index in [1.165, 1.54) is 17.5 Å². The molecule has 3 rings (SSSR count). The summed E-state index contributed by atoms with van der Waals surface area (Å²) in [6, 6.07) is 6.14. The van der Waals surface area contributed by atoms with E-state index in [-0.39, 0.29) is 24.5 Å². The van der Waals surface area contributed by atoms with Crippen LogP contribution >= 0.6 is 0 Å². The molecule has 2 aliphatic rings. The first-order valence-electron chi connectivity index (χ1n) is 7.84. The lowest BCUT2D eigenvalue weighted by atomic mass is 10.0. The lowest BCUT2D eigenvalue weighted by Crippen LogP contribution is -2.34. The molecule has 2 atom stereocenters. The van der Waals surface area contributed by atoms with E-state index in [0.29, 0.717) is 6.54 Å². The molecule has 1 N–H and O–H groups in total. The van der Waals surface area contributed by atoms with Crippen molar-refractivity contribution < 1.29 is 14.6 Å². The van der Waals surface area contributed by atoms with Crippen molar-refractivity contribution in [1.29, 1.82) is 0 Å². The van der Waals surface area contributed by atoms with Gasteiger partial charge in [0.05, 0.1) is 6.10 Å². The maximum atomic E-state index is 12.1. The zero-order valence-electron chi connectivity index (χ0n) is 12.5. The molecule has 4 nitrogen and oxygen atoms in total. The number of nitrogens with zero attached hydrogens (tertiary/aromatic N) is 1. The van der Waals surface area contributed by atoms with E-state index < -0.39 is 0 Å². The molecule has 4 heteroatoms. The van der Waals surface area contributed by atoms with Crippen molar-refractivity contribution in [2.24, 2.45) is 5.92 Å². The van der Waals surface area contributed by atoms with Crippen LogP contribution in [0.3, 0.4) is 0 Å². The van der Waals surface area contributed by atoms with Crippen molar-refractivity contribution in [1.82, 2.24) is 4.90 Å². The van der Waals surface area contributed by atoms with Crippen molar-refractivity contribution in [3.63, 3.8) is 0 Å². The summed E-state index contributed by atoms with van der Waals surface area (Å²) in [5.74, 6) is 1.00. The standard InChI is InChI=1S/C17H23NO3/c1-12(19)15-7-8-18(10-15)17(20)11-21-16-6-5-13-3-2-4-14(13)9-16/h5-6,9,12,15,19H,2-4,7-8,10-11H2,1H3. The quantitative estimate of drug-likeness (QED) is 0.919. The van der Waals surface area contributed by atoms with Gasteiger partial charge in [-0.05, 0) is 55.9 Å². The second-order valence-corrected chi connectivity index (χ2v) is 6.20. The van der Waals surface area contributed by atoms with E-state index in [0.717, 1.165) is 31.6 Å². The Morgan fingerprint density at radius 3 is 3.00 bits per heavy atom. The first-order chi connectivity index (χ1) is 10.1. The molecule has 2 unspecified atom stereocenters. The van der Waals surface area contributed by atoms with Crippen molar-refractivity contribution in [3.8, 4) is 5.75 Å². The molecule has 1 aromatic carbocycles. The van der Waals surface area contributed by atoms with E-state index >= 15 is 0 Å². The molecular weight excluding hydrogens is 266 g/mol. The van der Waals surface area contributed by atoms with Crippen molar-refractivity contribution in [2.75, 3.05) is 19.7 Å². The summed E-state index contributed by atoms with van der Waals surface area (Å²) in [5, 5.41) is 9.58. The first kappa shape index (κ1) is 14.4. The number of benzene rings is 1. The van der Waals surface area contributed by atoms with E-state index in [1.54, 1.807) is 11.8 Å². The molecule has 1 heterocycles. The van der Waals surface area contributed by atoms with Gasteiger partial charge in [-0.25, -0.2) is 0 Å². The minimum atomic E-state index is -0.347. The highest BCUT2D eigenvalue weighted by molar-refractivity contribution is 5.78. The average molecular weight is 289 g/mol. The van der Waals surface area contributed by atoms with Crippen molar-refractivity contribution >= 4 is 5.91 Å². The van der Waals surface area contributed by atoms with Crippen LogP contribution in [0.2, 0.25) is 0 Å². The number of likely N-dealkylation sites (tertiary alicyclic amines) is 1. The Morgan fingerprint density at radius 2 is 2.24 bits per heavy atom. The molecular formula is C17H23NO3. The molecule has 1 aromatic rings. The number of amides is 1. The summed E-state index contributed by atoms with van der Waals surface area (Å²) in [6.07, 6.45) is 4.01. The van der Waals surface area contributed by atoms with Gasteiger partial charge < -0.3 is 14.7 Å². The molecule has 1 fully saturated rings. The largest absolute Gasteiger partial charge is 0.484 e. The summed E-state index contributed by atoms with van der Waals surface area (Å²) in [6.45, 7) is 3.25. The van der Waals surface area contributed by atoms with E-state index in [9.17, 15) is 9.90 Å². The molecule has 1 amide bonds. The highest BCUT2D eigenvalue weighted by atomic mass is 16.5. The number of ether oxygens (including phenoxy) is 1. The molecule has 0 radical (unpaired) electrons. The van der Waals surface area contributed by atoms with Crippen LogP contribution in [0.1, 0.15) is 30.9 Å². The molecule has 1 aliphatic heterocycles. The van der Waals surface area contributed by atoms with Gasteiger partial charge >= 0.3 is 0 Å². The Hall–Kier alpha value is -1.55. The minimum absolute atomic E-state index is 0.0126. The van der Waals surface area contributed by atoms with Gasteiger partial charge in [0.15, 0.2) is 6.61 Å². The van der Waals surface area contributed by atoms with Gasteiger partial charge in [-0.15, -0.1) is 0 Å². The third-order valence-electron chi connectivity index (χ3n) is 4.69. The lowest BCUT2D eigenvalue weighted by Gasteiger charge is -2.18. The number of carbonyl (C=O) groups is 1. The monoisotopic (exact) mass is 289 g/mol. The molecule has 1 saturated heterocycles.